The molecule has 0 aliphatic carbocycles. The number of rotatable bonds is 2. The van der Waals surface area contributed by atoms with Gasteiger partial charge in [0.25, 0.3) is 5.56 Å². The fourth-order valence-electron chi connectivity index (χ4n) is 1.54. The van der Waals surface area contributed by atoms with Gasteiger partial charge in [-0.25, -0.2) is 4.98 Å². The highest BCUT2D eigenvalue weighted by Gasteiger charge is 2.08. The molecule has 0 aliphatic heterocycles. The van der Waals surface area contributed by atoms with Crippen molar-refractivity contribution in [2.75, 3.05) is 0 Å². The van der Waals surface area contributed by atoms with Gasteiger partial charge in [-0.2, -0.15) is 0 Å². The molecule has 4 nitrogen and oxygen atoms in total. The minimum absolute atomic E-state index is 0.176. The van der Waals surface area contributed by atoms with Crippen LogP contribution in [0.1, 0.15) is 22.8 Å². The number of ketones is 1. The Bertz CT molecular complexity index is 612. The summed E-state index contributed by atoms with van der Waals surface area (Å²) in [6.07, 6.45) is 3.29. The molecule has 2 rings (SSSR count). The Morgan fingerprint density at radius 3 is 2.65 bits per heavy atom. The maximum Gasteiger partial charge on any atom is 0.267 e. The monoisotopic (exact) mass is 228 g/mol. The maximum atomic E-state index is 12.0. The molecule has 17 heavy (non-hydrogen) atoms. The van der Waals surface area contributed by atoms with E-state index in [1.165, 1.54) is 17.6 Å². The number of aromatic nitrogens is 2. The number of carbonyl (C=O) groups excluding carboxylic acids is 1. The molecule has 0 bridgehead atoms. The van der Waals surface area contributed by atoms with Crippen molar-refractivity contribution in [1.82, 2.24) is 9.55 Å². The molecule has 0 unspecified atom stereocenters. The highest BCUT2D eigenvalue weighted by atomic mass is 16.1. The molecular formula is C13H12N2O2. The van der Waals surface area contributed by atoms with E-state index in [1.807, 2.05) is 13.0 Å². The van der Waals surface area contributed by atoms with Gasteiger partial charge in [0, 0.05) is 12.4 Å². The third kappa shape index (κ3) is 2.15. The average Bonchev–Trinajstić information content (AvgIpc) is 2.30. The van der Waals surface area contributed by atoms with Gasteiger partial charge in [0.2, 0.25) is 0 Å². The number of nitrogens with zero attached hydrogens (tertiary/aromatic N) is 2. The van der Waals surface area contributed by atoms with E-state index in [-0.39, 0.29) is 16.9 Å². The summed E-state index contributed by atoms with van der Waals surface area (Å²) in [5.74, 6) is 0.278. The van der Waals surface area contributed by atoms with Gasteiger partial charge in [-0.15, -0.1) is 0 Å². The van der Waals surface area contributed by atoms with Crippen molar-refractivity contribution in [3.05, 3.63) is 58.1 Å². The summed E-state index contributed by atoms with van der Waals surface area (Å²) < 4.78 is 1.37. The third-order valence-corrected chi connectivity index (χ3v) is 2.47. The molecule has 4 heteroatoms. The number of hydrogen-bond acceptors (Lipinski definition) is 3. The third-order valence-electron chi connectivity index (χ3n) is 2.47. The van der Waals surface area contributed by atoms with E-state index in [4.69, 9.17) is 0 Å². The SMILES string of the molecule is CC(=O)c1cccn(-c2ccc(C)cn2)c1=O. The standard InChI is InChI=1S/C13H12N2O2/c1-9-5-6-12(14-8-9)15-7-3-4-11(10(2)16)13(15)17/h3-8H,1-2H3. The molecule has 0 spiro atoms. The van der Waals surface area contributed by atoms with Gasteiger partial charge in [-0.1, -0.05) is 6.07 Å². The minimum Gasteiger partial charge on any atom is -0.294 e. The molecule has 2 heterocycles. The lowest BCUT2D eigenvalue weighted by Gasteiger charge is -2.05. The Balaban J connectivity index is 2.61. The number of hydrogen-bond donors (Lipinski definition) is 0. The van der Waals surface area contributed by atoms with Gasteiger partial charge < -0.3 is 0 Å². The zero-order chi connectivity index (χ0) is 12.4. The average molecular weight is 228 g/mol. The molecular weight excluding hydrogens is 216 g/mol. The van der Waals surface area contributed by atoms with Gasteiger partial charge in [-0.05, 0) is 37.6 Å². The first-order chi connectivity index (χ1) is 8.09. The van der Waals surface area contributed by atoms with Crippen LogP contribution in [-0.2, 0) is 0 Å². The number of Topliss-reactive ketones (excluding diaryl/α,β-unsaturated/α-hetero) is 1. The van der Waals surface area contributed by atoms with Crippen molar-refractivity contribution in [3.8, 4) is 5.82 Å². The van der Waals surface area contributed by atoms with Crippen molar-refractivity contribution in [2.24, 2.45) is 0 Å². The molecule has 2 aromatic rings. The van der Waals surface area contributed by atoms with Crippen LogP contribution < -0.4 is 5.56 Å². The highest BCUT2D eigenvalue weighted by Crippen LogP contribution is 2.03. The van der Waals surface area contributed by atoms with Crippen LogP contribution >= 0.6 is 0 Å². The molecule has 0 N–H and O–H groups in total. The molecule has 0 radical (unpaired) electrons. The van der Waals surface area contributed by atoms with Crippen LogP contribution in [0, 0.1) is 6.92 Å². The Kier molecular flexibility index (Phi) is 2.87. The topological polar surface area (TPSA) is 52.0 Å². The van der Waals surface area contributed by atoms with Gasteiger partial charge in [-0.3, -0.25) is 14.2 Å². The molecule has 0 saturated carbocycles. The minimum atomic E-state index is -0.337. The summed E-state index contributed by atoms with van der Waals surface area (Å²) in [5.41, 5.74) is 0.857. The summed E-state index contributed by atoms with van der Waals surface area (Å²) in [6.45, 7) is 3.30. The summed E-state index contributed by atoms with van der Waals surface area (Å²) in [4.78, 5) is 27.4. The van der Waals surface area contributed by atoms with Crippen molar-refractivity contribution in [1.29, 1.82) is 0 Å². The molecule has 86 valence electrons. The second-order valence-electron chi connectivity index (χ2n) is 3.85. The predicted octanol–water partition coefficient (Wildman–Crippen LogP) is 1.74. The van der Waals surface area contributed by atoms with E-state index in [0.29, 0.717) is 5.82 Å². The fourth-order valence-corrected chi connectivity index (χ4v) is 1.54. The van der Waals surface area contributed by atoms with Crippen LogP contribution in [0.3, 0.4) is 0 Å². The molecule has 0 saturated heterocycles. The van der Waals surface area contributed by atoms with Crippen molar-refractivity contribution >= 4 is 5.78 Å². The van der Waals surface area contributed by atoms with Crippen LogP contribution in [0.15, 0.2) is 41.5 Å². The van der Waals surface area contributed by atoms with E-state index in [2.05, 4.69) is 4.98 Å². The van der Waals surface area contributed by atoms with Crippen molar-refractivity contribution < 1.29 is 4.79 Å². The second-order valence-corrected chi connectivity index (χ2v) is 3.85. The van der Waals surface area contributed by atoms with E-state index in [1.54, 1.807) is 24.5 Å². The molecule has 0 atom stereocenters. The van der Waals surface area contributed by atoms with Gasteiger partial charge in [0.15, 0.2) is 5.78 Å². The highest BCUT2D eigenvalue weighted by molar-refractivity contribution is 5.93. The van der Waals surface area contributed by atoms with E-state index >= 15 is 0 Å². The zero-order valence-electron chi connectivity index (χ0n) is 9.68. The Morgan fingerprint density at radius 1 is 1.29 bits per heavy atom. The van der Waals surface area contributed by atoms with Gasteiger partial charge in [0.1, 0.15) is 5.82 Å². The lowest BCUT2D eigenvalue weighted by Crippen LogP contribution is -2.24. The van der Waals surface area contributed by atoms with Crippen LogP contribution in [0.25, 0.3) is 5.82 Å². The number of aryl methyl sites for hydroxylation is 1. The first-order valence-corrected chi connectivity index (χ1v) is 5.25. The smallest absolute Gasteiger partial charge is 0.267 e. The predicted molar refractivity (Wildman–Crippen MR) is 64.6 cm³/mol. The molecule has 0 aliphatic rings. The second kappa shape index (κ2) is 4.33. The first-order valence-electron chi connectivity index (χ1n) is 5.25. The Hall–Kier alpha value is -2.23. The Labute approximate surface area is 98.6 Å². The van der Waals surface area contributed by atoms with Gasteiger partial charge >= 0.3 is 0 Å². The van der Waals surface area contributed by atoms with Crippen LogP contribution in [0.5, 0.6) is 0 Å². The normalized spacial score (nSPS) is 10.2. The number of carbonyl (C=O) groups is 1. The number of pyridine rings is 2. The molecule has 0 amide bonds. The summed E-state index contributed by atoms with van der Waals surface area (Å²) in [6, 6.07) is 6.81. The summed E-state index contributed by atoms with van der Waals surface area (Å²) in [5, 5.41) is 0. The van der Waals surface area contributed by atoms with E-state index < -0.39 is 0 Å². The zero-order valence-corrected chi connectivity index (χ0v) is 9.68. The summed E-state index contributed by atoms with van der Waals surface area (Å²) >= 11 is 0. The van der Waals surface area contributed by atoms with E-state index in [9.17, 15) is 9.59 Å². The fraction of sp³-hybridized carbons (Fsp3) is 0.154. The van der Waals surface area contributed by atoms with Crippen LogP contribution in [0.2, 0.25) is 0 Å². The molecule has 0 aromatic carbocycles. The van der Waals surface area contributed by atoms with E-state index in [0.717, 1.165) is 5.56 Å². The largest absolute Gasteiger partial charge is 0.294 e. The summed E-state index contributed by atoms with van der Waals surface area (Å²) in [7, 11) is 0. The maximum absolute atomic E-state index is 12.0. The van der Waals surface area contributed by atoms with Crippen LogP contribution in [-0.4, -0.2) is 15.3 Å². The first kappa shape index (κ1) is 11.3. The quantitative estimate of drug-likeness (QED) is 0.736. The van der Waals surface area contributed by atoms with Crippen molar-refractivity contribution in [2.45, 2.75) is 13.8 Å². The molecule has 0 fully saturated rings. The molecule has 2 aromatic heterocycles. The van der Waals surface area contributed by atoms with Gasteiger partial charge in [0.05, 0.1) is 5.56 Å². The van der Waals surface area contributed by atoms with Crippen molar-refractivity contribution in [3.63, 3.8) is 0 Å². The van der Waals surface area contributed by atoms with Crippen LogP contribution in [0.4, 0.5) is 0 Å². The lowest BCUT2D eigenvalue weighted by molar-refractivity contribution is 0.101. The lowest BCUT2D eigenvalue weighted by atomic mass is 10.2. The Morgan fingerprint density at radius 2 is 2.06 bits per heavy atom.